The van der Waals surface area contributed by atoms with Gasteiger partial charge in [-0.25, -0.2) is 4.98 Å². The zero-order chi connectivity index (χ0) is 15.2. The first kappa shape index (κ1) is 14.7. The van der Waals surface area contributed by atoms with Crippen molar-refractivity contribution < 1.29 is 9.53 Å². The minimum Gasteiger partial charge on any atom is -0.465 e. The van der Waals surface area contributed by atoms with Gasteiger partial charge in [-0.2, -0.15) is 0 Å². The first-order valence-electron chi connectivity index (χ1n) is 7.35. The highest BCUT2D eigenvalue weighted by Crippen LogP contribution is 2.22. The van der Waals surface area contributed by atoms with Gasteiger partial charge in [-0.15, -0.1) is 11.3 Å². The van der Waals surface area contributed by atoms with Crippen molar-refractivity contribution in [1.82, 2.24) is 4.98 Å². The van der Waals surface area contributed by atoms with E-state index in [1.165, 1.54) is 4.70 Å². The van der Waals surface area contributed by atoms with Crippen LogP contribution < -0.4 is 0 Å². The lowest BCUT2D eigenvalue weighted by molar-refractivity contribution is -0.142. The summed E-state index contributed by atoms with van der Waals surface area (Å²) in [5.74, 6) is -0.171. The second-order valence-corrected chi connectivity index (χ2v) is 6.18. The summed E-state index contributed by atoms with van der Waals surface area (Å²) in [6.07, 6.45) is 1.99. The van der Waals surface area contributed by atoms with Crippen molar-refractivity contribution in [3.8, 4) is 0 Å². The molecule has 0 aliphatic heterocycles. The molecule has 0 aliphatic carbocycles. The molecule has 0 bridgehead atoms. The highest BCUT2D eigenvalue weighted by Gasteiger charge is 2.06. The van der Waals surface area contributed by atoms with E-state index in [-0.39, 0.29) is 5.97 Å². The number of hydrogen-bond donors (Lipinski definition) is 0. The van der Waals surface area contributed by atoms with Gasteiger partial charge in [0.05, 0.1) is 28.3 Å². The van der Waals surface area contributed by atoms with Gasteiger partial charge in [0, 0.05) is 6.42 Å². The minimum atomic E-state index is -0.171. The van der Waals surface area contributed by atoms with Crippen LogP contribution in [-0.4, -0.2) is 17.6 Å². The summed E-state index contributed by atoms with van der Waals surface area (Å²) in [7, 11) is 0. The molecule has 2 aromatic carbocycles. The van der Waals surface area contributed by atoms with E-state index in [9.17, 15) is 4.79 Å². The highest BCUT2D eigenvalue weighted by molar-refractivity contribution is 7.18. The Balaban J connectivity index is 1.42. The van der Waals surface area contributed by atoms with Gasteiger partial charge >= 0.3 is 5.97 Å². The van der Waals surface area contributed by atoms with Gasteiger partial charge in [-0.05, 0) is 24.1 Å². The zero-order valence-electron chi connectivity index (χ0n) is 12.2. The number of esters is 1. The van der Waals surface area contributed by atoms with Gasteiger partial charge in [0.1, 0.15) is 0 Å². The summed E-state index contributed by atoms with van der Waals surface area (Å²) in [6.45, 7) is 0.446. The molecule has 0 aliphatic rings. The van der Waals surface area contributed by atoms with Crippen molar-refractivity contribution in [1.29, 1.82) is 0 Å². The van der Waals surface area contributed by atoms with E-state index in [0.29, 0.717) is 13.0 Å². The molecule has 0 amide bonds. The van der Waals surface area contributed by atoms with Crippen molar-refractivity contribution in [2.45, 2.75) is 19.3 Å². The molecule has 0 radical (unpaired) electrons. The number of thiazole rings is 1. The maximum atomic E-state index is 11.7. The van der Waals surface area contributed by atoms with Gasteiger partial charge in [-0.1, -0.05) is 42.5 Å². The normalized spacial score (nSPS) is 10.7. The topological polar surface area (TPSA) is 39.2 Å². The monoisotopic (exact) mass is 311 g/mol. The van der Waals surface area contributed by atoms with Crippen LogP contribution in [0.2, 0.25) is 0 Å². The Labute approximate surface area is 133 Å². The Morgan fingerprint density at radius 1 is 1.05 bits per heavy atom. The van der Waals surface area contributed by atoms with Gasteiger partial charge in [0.25, 0.3) is 0 Å². The third-order valence-electron chi connectivity index (χ3n) is 3.33. The molecular weight excluding hydrogens is 294 g/mol. The quantitative estimate of drug-likeness (QED) is 0.510. The number of aromatic nitrogens is 1. The van der Waals surface area contributed by atoms with Crippen LogP contribution in [0.3, 0.4) is 0 Å². The zero-order valence-corrected chi connectivity index (χ0v) is 13.0. The number of carbonyl (C=O) groups excluding carboxylic acids is 1. The van der Waals surface area contributed by atoms with Crippen LogP contribution in [0.25, 0.3) is 10.2 Å². The molecule has 0 spiro atoms. The van der Waals surface area contributed by atoms with E-state index < -0.39 is 0 Å². The molecule has 112 valence electrons. The predicted octanol–water partition coefficient (Wildman–Crippen LogP) is 4.01. The lowest BCUT2D eigenvalue weighted by Crippen LogP contribution is -2.09. The van der Waals surface area contributed by atoms with Crippen molar-refractivity contribution >= 4 is 27.5 Å². The molecule has 3 nitrogen and oxygen atoms in total. The fourth-order valence-corrected chi connectivity index (χ4v) is 3.26. The average Bonchev–Trinajstić information content (AvgIpc) is 2.95. The molecular formula is C18H17NO2S. The third-order valence-corrected chi connectivity index (χ3v) is 4.42. The van der Waals surface area contributed by atoms with E-state index in [2.05, 4.69) is 11.1 Å². The molecule has 3 rings (SSSR count). The van der Waals surface area contributed by atoms with Crippen LogP contribution in [0.5, 0.6) is 0 Å². The van der Waals surface area contributed by atoms with Crippen LogP contribution in [0, 0.1) is 0 Å². The van der Waals surface area contributed by atoms with E-state index in [1.807, 2.05) is 48.5 Å². The maximum absolute atomic E-state index is 11.7. The largest absolute Gasteiger partial charge is 0.465 e. The van der Waals surface area contributed by atoms with Gasteiger partial charge in [0.15, 0.2) is 0 Å². The van der Waals surface area contributed by atoms with Gasteiger partial charge in [0.2, 0.25) is 0 Å². The molecule has 22 heavy (non-hydrogen) atoms. The van der Waals surface area contributed by atoms with E-state index >= 15 is 0 Å². The van der Waals surface area contributed by atoms with Crippen LogP contribution in [0.1, 0.15) is 17.0 Å². The fourth-order valence-electron chi connectivity index (χ4n) is 2.25. The Morgan fingerprint density at radius 3 is 2.64 bits per heavy atom. The van der Waals surface area contributed by atoms with E-state index in [0.717, 1.165) is 28.9 Å². The van der Waals surface area contributed by atoms with Crippen LogP contribution in [0.4, 0.5) is 0 Å². The number of ether oxygens (including phenoxy) is 1. The summed E-state index contributed by atoms with van der Waals surface area (Å²) in [5, 5.41) is 1.10. The minimum absolute atomic E-state index is 0.171. The van der Waals surface area contributed by atoms with Crippen molar-refractivity contribution in [3.63, 3.8) is 0 Å². The van der Waals surface area contributed by atoms with Gasteiger partial charge < -0.3 is 4.74 Å². The molecule has 0 N–H and O–H groups in total. The molecule has 1 heterocycles. The molecule has 0 atom stereocenters. The first-order chi connectivity index (χ1) is 10.8. The standard InChI is InChI=1S/C18H17NO2S/c20-18(13-14-7-2-1-3-8-14)21-12-6-11-17-19-15-9-4-5-10-16(15)22-17/h1-5,7-10H,6,11-13H2. The lowest BCUT2D eigenvalue weighted by Gasteiger charge is -2.04. The molecule has 0 saturated carbocycles. The van der Waals surface area contributed by atoms with Crippen molar-refractivity contribution in [2.75, 3.05) is 6.61 Å². The molecule has 4 heteroatoms. The van der Waals surface area contributed by atoms with Crippen LogP contribution in [-0.2, 0) is 22.4 Å². The summed E-state index contributed by atoms with van der Waals surface area (Å²) in [4.78, 5) is 16.3. The van der Waals surface area contributed by atoms with E-state index in [1.54, 1.807) is 11.3 Å². The Morgan fingerprint density at radius 2 is 1.82 bits per heavy atom. The second-order valence-electron chi connectivity index (χ2n) is 5.06. The Kier molecular flexibility index (Phi) is 4.81. The van der Waals surface area contributed by atoms with Crippen LogP contribution in [0.15, 0.2) is 54.6 Å². The van der Waals surface area contributed by atoms with E-state index in [4.69, 9.17) is 4.74 Å². The number of benzene rings is 2. The number of nitrogens with zero attached hydrogens (tertiary/aromatic N) is 1. The lowest BCUT2D eigenvalue weighted by atomic mass is 10.2. The number of hydrogen-bond acceptors (Lipinski definition) is 4. The summed E-state index contributed by atoms with van der Waals surface area (Å²) in [6, 6.07) is 17.8. The molecule has 0 saturated heterocycles. The molecule has 3 aromatic rings. The number of para-hydroxylation sites is 1. The average molecular weight is 311 g/mol. The molecule has 0 unspecified atom stereocenters. The second kappa shape index (κ2) is 7.18. The van der Waals surface area contributed by atoms with Crippen molar-refractivity contribution in [2.24, 2.45) is 0 Å². The number of carbonyl (C=O) groups is 1. The highest BCUT2D eigenvalue weighted by atomic mass is 32.1. The number of fused-ring (bicyclic) bond motifs is 1. The summed E-state index contributed by atoms with van der Waals surface area (Å²) in [5.41, 5.74) is 2.03. The first-order valence-corrected chi connectivity index (χ1v) is 8.17. The third kappa shape index (κ3) is 3.92. The van der Waals surface area contributed by atoms with Crippen LogP contribution >= 0.6 is 11.3 Å². The van der Waals surface area contributed by atoms with Crippen molar-refractivity contribution in [3.05, 3.63) is 65.2 Å². The summed E-state index contributed by atoms with van der Waals surface area (Å²) < 4.78 is 6.49. The SMILES string of the molecule is O=C(Cc1ccccc1)OCCCc1nc2ccccc2s1. The Bertz CT molecular complexity index is 719. The summed E-state index contributed by atoms with van der Waals surface area (Å²) >= 11 is 1.71. The fraction of sp³-hybridized carbons (Fsp3) is 0.222. The van der Waals surface area contributed by atoms with Gasteiger partial charge in [-0.3, -0.25) is 4.79 Å². The predicted molar refractivity (Wildman–Crippen MR) is 89.0 cm³/mol. The molecule has 1 aromatic heterocycles. The maximum Gasteiger partial charge on any atom is 0.310 e. The molecule has 0 fully saturated rings. The number of aryl methyl sites for hydroxylation is 1. The number of rotatable bonds is 6. The smallest absolute Gasteiger partial charge is 0.310 e. The Hall–Kier alpha value is -2.20.